The van der Waals surface area contributed by atoms with Crippen LogP contribution in [0.4, 0.5) is 10.1 Å². The van der Waals surface area contributed by atoms with Gasteiger partial charge in [0.15, 0.2) is 0 Å². The van der Waals surface area contributed by atoms with Gasteiger partial charge in [0.25, 0.3) is 0 Å². The average molecular weight is 452 g/mol. The Morgan fingerprint density at radius 1 is 1.09 bits per heavy atom. The Morgan fingerprint density at radius 3 is 2.14 bits per heavy atom. The lowest BCUT2D eigenvalue weighted by Gasteiger charge is -2.28. The average Bonchev–Trinajstić information content (AvgIpc) is 3.08. The van der Waals surface area contributed by atoms with Crippen LogP contribution in [0.1, 0.15) is 6.42 Å². The van der Waals surface area contributed by atoms with E-state index >= 15 is 0 Å². The van der Waals surface area contributed by atoms with Gasteiger partial charge in [-0.1, -0.05) is 43.5 Å². The molecule has 2 saturated carbocycles. The van der Waals surface area contributed by atoms with Crippen molar-refractivity contribution < 1.29 is 14.0 Å². The van der Waals surface area contributed by atoms with E-state index in [2.05, 4.69) is 31.9 Å². The number of fused-ring (bicyclic) bond motifs is 5. The summed E-state index contributed by atoms with van der Waals surface area (Å²) in [5.74, 6) is -1.17. The number of imide groups is 1. The van der Waals surface area contributed by atoms with Crippen LogP contribution in [-0.4, -0.2) is 21.5 Å². The van der Waals surface area contributed by atoms with Gasteiger partial charge in [0, 0.05) is 9.65 Å². The summed E-state index contributed by atoms with van der Waals surface area (Å²) in [6, 6.07) is 3.95. The molecule has 3 fully saturated rings. The molecule has 3 nitrogen and oxygen atoms in total. The van der Waals surface area contributed by atoms with E-state index in [1.807, 2.05) is 0 Å². The third-order valence-corrected chi connectivity index (χ3v) is 8.64. The Hall–Kier alpha value is -0.460. The number of benzene rings is 1. The van der Waals surface area contributed by atoms with Crippen LogP contribution < -0.4 is 4.90 Å². The van der Waals surface area contributed by atoms with Crippen LogP contribution >= 0.6 is 43.5 Å². The fraction of sp³-hybridized carbons (Fsp3) is 0.467. The van der Waals surface area contributed by atoms with E-state index in [4.69, 9.17) is 11.6 Å². The number of halogens is 4. The van der Waals surface area contributed by atoms with Crippen molar-refractivity contribution in [1.82, 2.24) is 0 Å². The molecule has 1 aromatic carbocycles. The molecule has 1 aromatic rings. The third kappa shape index (κ3) is 1.83. The van der Waals surface area contributed by atoms with E-state index in [0.717, 1.165) is 6.42 Å². The largest absolute Gasteiger partial charge is 0.274 e. The molecule has 3 aliphatic rings. The summed E-state index contributed by atoms with van der Waals surface area (Å²) in [5, 5.41) is -0.0881. The molecule has 0 N–H and O–H groups in total. The fourth-order valence-electron chi connectivity index (χ4n) is 4.23. The quantitative estimate of drug-likeness (QED) is 0.482. The number of carbonyl (C=O) groups excluding carboxylic acids is 2. The van der Waals surface area contributed by atoms with Gasteiger partial charge in [0.1, 0.15) is 5.82 Å². The molecule has 22 heavy (non-hydrogen) atoms. The van der Waals surface area contributed by atoms with Crippen molar-refractivity contribution in [1.29, 1.82) is 0 Å². The van der Waals surface area contributed by atoms with Crippen molar-refractivity contribution >= 4 is 61.0 Å². The smallest absolute Gasteiger partial charge is 0.238 e. The maximum absolute atomic E-state index is 13.3. The second-order valence-electron chi connectivity index (χ2n) is 6.11. The van der Waals surface area contributed by atoms with Gasteiger partial charge in [0.05, 0.1) is 22.5 Å². The fourth-order valence-corrected chi connectivity index (χ4v) is 6.28. The highest BCUT2D eigenvalue weighted by Gasteiger charge is 2.66. The maximum Gasteiger partial charge on any atom is 0.238 e. The molecule has 1 aliphatic heterocycles. The molecule has 2 aliphatic carbocycles. The topological polar surface area (TPSA) is 37.4 Å². The highest BCUT2D eigenvalue weighted by atomic mass is 79.9. The van der Waals surface area contributed by atoms with Crippen molar-refractivity contribution in [3.8, 4) is 0 Å². The van der Waals surface area contributed by atoms with E-state index in [1.54, 1.807) is 0 Å². The van der Waals surface area contributed by atoms with Crippen molar-refractivity contribution in [2.75, 3.05) is 4.90 Å². The van der Waals surface area contributed by atoms with Gasteiger partial charge in [-0.3, -0.25) is 9.59 Å². The molecule has 0 aromatic heterocycles. The summed E-state index contributed by atoms with van der Waals surface area (Å²) < 4.78 is 13.3. The first-order chi connectivity index (χ1) is 10.4. The van der Waals surface area contributed by atoms with E-state index in [-0.39, 0.29) is 50.2 Å². The van der Waals surface area contributed by atoms with Crippen molar-refractivity contribution in [2.45, 2.75) is 16.1 Å². The van der Waals surface area contributed by atoms with Crippen LogP contribution in [0.2, 0.25) is 5.02 Å². The Balaban J connectivity index is 1.74. The minimum atomic E-state index is -0.564. The molecule has 4 rings (SSSR count). The Labute approximate surface area is 148 Å². The van der Waals surface area contributed by atoms with Gasteiger partial charge in [-0.05, 0) is 36.5 Å². The highest BCUT2D eigenvalue weighted by molar-refractivity contribution is 9.12. The number of alkyl halides is 2. The summed E-state index contributed by atoms with van der Waals surface area (Å²) in [6.45, 7) is 0. The van der Waals surface area contributed by atoms with Gasteiger partial charge >= 0.3 is 0 Å². The minimum absolute atomic E-state index is 0.0881. The standard InChI is InChI=1S/C15H11Br2ClFNO2/c16-12-6-4-7(13(12)17)11-10(6)14(21)20(15(11)22)5-1-2-9(19)8(18)3-5/h1-3,6-7,10-13H,4H2/t6-,7-,10-,11+,12+,13+/m1/s1. The molecule has 0 radical (unpaired) electrons. The van der Waals surface area contributed by atoms with Crippen LogP contribution in [0.5, 0.6) is 0 Å². The summed E-state index contributed by atoms with van der Waals surface area (Å²) in [7, 11) is 0. The molecule has 7 heteroatoms. The number of rotatable bonds is 1. The number of hydrogen-bond donors (Lipinski definition) is 0. The Morgan fingerprint density at radius 2 is 1.64 bits per heavy atom. The lowest BCUT2D eigenvalue weighted by atomic mass is 9.81. The second kappa shape index (κ2) is 5.02. The molecule has 6 atom stereocenters. The number of amides is 2. The zero-order chi connectivity index (χ0) is 15.8. The summed E-state index contributed by atoms with van der Waals surface area (Å²) in [5.41, 5.74) is 0.354. The Kier molecular flexibility index (Phi) is 3.44. The first-order valence-corrected chi connectivity index (χ1v) is 9.23. The molecule has 1 heterocycles. The van der Waals surface area contributed by atoms with Crippen molar-refractivity contribution in [3.63, 3.8) is 0 Å². The van der Waals surface area contributed by atoms with Gasteiger partial charge < -0.3 is 0 Å². The van der Waals surface area contributed by atoms with Crippen LogP contribution in [-0.2, 0) is 9.59 Å². The van der Waals surface area contributed by atoms with Gasteiger partial charge in [-0.25, -0.2) is 9.29 Å². The van der Waals surface area contributed by atoms with Gasteiger partial charge in [-0.2, -0.15) is 0 Å². The number of carbonyl (C=O) groups is 2. The Bertz CT molecular complexity index is 668. The van der Waals surface area contributed by atoms with E-state index in [9.17, 15) is 14.0 Å². The number of nitrogens with zero attached hydrogens (tertiary/aromatic N) is 1. The lowest BCUT2D eigenvalue weighted by molar-refractivity contribution is -0.123. The molecule has 116 valence electrons. The highest BCUT2D eigenvalue weighted by Crippen LogP contribution is 2.60. The van der Waals surface area contributed by atoms with Crippen LogP contribution in [0.3, 0.4) is 0 Å². The molecule has 0 spiro atoms. The molecular weight excluding hydrogens is 440 g/mol. The second-order valence-corrected chi connectivity index (χ2v) is 8.64. The van der Waals surface area contributed by atoms with Crippen LogP contribution in [0, 0.1) is 29.5 Å². The van der Waals surface area contributed by atoms with E-state index in [0.29, 0.717) is 5.69 Å². The molecule has 1 saturated heterocycles. The summed E-state index contributed by atoms with van der Waals surface area (Å²) >= 11 is 13.1. The monoisotopic (exact) mass is 449 g/mol. The molecule has 2 bridgehead atoms. The normalized spacial score (nSPS) is 39.7. The molecule has 2 amide bonds. The molecular formula is C15H11Br2ClFNO2. The summed E-state index contributed by atoms with van der Waals surface area (Å²) in [6.07, 6.45) is 0.886. The maximum atomic E-state index is 13.3. The number of hydrogen-bond acceptors (Lipinski definition) is 2. The zero-order valence-electron chi connectivity index (χ0n) is 11.2. The van der Waals surface area contributed by atoms with Gasteiger partial charge in [0.2, 0.25) is 11.8 Å². The molecule has 0 unspecified atom stereocenters. The number of anilines is 1. The van der Waals surface area contributed by atoms with Crippen molar-refractivity contribution in [2.24, 2.45) is 23.7 Å². The first-order valence-electron chi connectivity index (χ1n) is 7.03. The van der Waals surface area contributed by atoms with Crippen LogP contribution in [0.25, 0.3) is 0 Å². The first kappa shape index (κ1) is 15.1. The third-order valence-electron chi connectivity index (χ3n) is 5.15. The van der Waals surface area contributed by atoms with Gasteiger partial charge in [-0.15, -0.1) is 0 Å². The minimum Gasteiger partial charge on any atom is -0.274 e. The lowest BCUT2D eigenvalue weighted by Crippen LogP contribution is -2.37. The van der Waals surface area contributed by atoms with E-state index < -0.39 is 5.82 Å². The zero-order valence-corrected chi connectivity index (χ0v) is 15.1. The summed E-state index contributed by atoms with van der Waals surface area (Å²) in [4.78, 5) is 27.1. The predicted molar refractivity (Wildman–Crippen MR) is 87.9 cm³/mol. The van der Waals surface area contributed by atoms with Crippen molar-refractivity contribution in [3.05, 3.63) is 29.0 Å². The predicted octanol–water partition coefficient (Wildman–Crippen LogP) is 3.76. The SMILES string of the molecule is O=C1[C@@H]2[C@H]3C[C@@H]([C@H](Br)[C@H]3Br)[C@@H]2C(=O)N1c1ccc(F)c(Cl)c1. The van der Waals surface area contributed by atoms with E-state index in [1.165, 1.54) is 23.1 Å². The van der Waals surface area contributed by atoms with Crippen LogP contribution in [0.15, 0.2) is 18.2 Å².